The summed E-state index contributed by atoms with van der Waals surface area (Å²) in [6.45, 7) is 4.28. The Hall–Kier alpha value is -1.75. The first-order valence-electron chi connectivity index (χ1n) is 4.66. The third kappa shape index (κ3) is 1.18. The van der Waals surface area contributed by atoms with Gasteiger partial charge in [0.25, 0.3) is 0 Å². The molecule has 1 N–H and O–H groups in total. The van der Waals surface area contributed by atoms with Gasteiger partial charge in [0.05, 0.1) is 11.7 Å². The van der Waals surface area contributed by atoms with E-state index in [9.17, 15) is 0 Å². The van der Waals surface area contributed by atoms with Crippen LogP contribution in [0.1, 0.15) is 30.9 Å². The largest absolute Gasteiger partial charge is 0.278 e. The zero-order valence-electron chi connectivity index (χ0n) is 8.33. The molecule has 0 radical (unpaired) electrons. The van der Waals surface area contributed by atoms with Crippen LogP contribution in [0.2, 0.25) is 0 Å². The summed E-state index contributed by atoms with van der Waals surface area (Å²) >= 11 is 0. The van der Waals surface area contributed by atoms with Crippen LogP contribution in [0.25, 0.3) is 10.9 Å². The van der Waals surface area contributed by atoms with Crippen LogP contribution in [0.5, 0.6) is 0 Å². The highest BCUT2D eigenvalue weighted by molar-refractivity contribution is 5.84. The summed E-state index contributed by atoms with van der Waals surface area (Å²) in [6.07, 6.45) is 7.31. The summed E-state index contributed by atoms with van der Waals surface area (Å²) in [7, 11) is 0. The molecule has 2 nitrogen and oxygen atoms in total. The van der Waals surface area contributed by atoms with Crippen molar-refractivity contribution in [2.24, 2.45) is 0 Å². The predicted octanol–water partition coefficient (Wildman–Crippen LogP) is 2.67. The topological polar surface area (TPSA) is 28.7 Å². The first kappa shape index (κ1) is 8.83. The molecule has 0 saturated heterocycles. The smallest absolute Gasteiger partial charge is 0.0654 e. The lowest BCUT2D eigenvalue weighted by molar-refractivity contribution is 0.873. The number of hydrogen-bond acceptors (Lipinski definition) is 1. The average Bonchev–Trinajstić information content (AvgIpc) is 2.62. The van der Waals surface area contributed by atoms with Crippen molar-refractivity contribution >= 4 is 10.9 Å². The fourth-order valence-electron chi connectivity index (χ4n) is 1.79. The van der Waals surface area contributed by atoms with Gasteiger partial charge in [0.1, 0.15) is 0 Å². The highest BCUT2D eigenvalue weighted by atomic mass is 15.1. The van der Waals surface area contributed by atoms with E-state index >= 15 is 0 Å². The van der Waals surface area contributed by atoms with Crippen LogP contribution in [0.15, 0.2) is 18.3 Å². The van der Waals surface area contributed by atoms with Crippen molar-refractivity contribution in [1.29, 1.82) is 0 Å². The lowest BCUT2D eigenvalue weighted by Gasteiger charge is -2.09. The van der Waals surface area contributed by atoms with Crippen molar-refractivity contribution in [1.82, 2.24) is 10.2 Å². The van der Waals surface area contributed by atoms with Gasteiger partial charge in [-0.15, -0.1) is 6.42 Å². The number of nitrogens with zero attached hydrogens (tertiary/aromatic N) is 1. The molecular weight excluding hydrogens is 172 g/mol. The quantitative estimate of drug-likeness (QED) is 0.678. The monoisotopic (exact) mass is 184 g/mol. The first-order valence-corrected chi connectivity index (χ1v) is 4.66. The molecule has 0 amide bonds. The molecule has 0 atom stereocenters. The van der Waals surface area contributed by atoms with Crippen molar-refractivity contribution in [3.05, 3.63) is 29.5 Å². The summed E-state index contributed by atoms with van der Waals surface area (Å²) in [6, 6.07) is 3.94. The maximum Gasteiger partial charge on any atom is 0.0654 e. The highest BCUT2D eigenvalue weighted by Gasteiger charge is 2.10. The zero-order chi connectivity index (χ0) is 10.1. The molecule has 14 heavy (non-hydrogen) atoms. The molecule has 0 unspecified atom stereocenters. The van der Waals surface area contributed by atoms with E-state index in [-0.39, 0.29) is 0 Å². The minimum absolute atomic E-state index is 0.419. The van der Waals surface area contributed by atoms with Crippen molar-refractivity contribution in [3.63, 3.8) is 0 Å². The molecule has 1 aromatic heterocycles. The van der Waals surface area contributed by atoms with Gasteiger partial charge in [0, 0.05) is 10.9 Å². The van der Waals surface area contributed by atoms with Crippen LogP contribution in [0, 0.1) is 12.3 Å². The Bertz CT molecular complexity index is 501. The minimum Gasteiger partial charge on any atom is -0.278 e. The average molecular weight is 184 g/mol. The van der Waals surface area contributed by atoms with Crippen molar-refractivity contribution in [2.45, 2.75) is 19.8 Å². The van der Waals surface area contributed by atoms with E-state index in [0.717, 1.165) is 16.5 Å². The molecule has 0 aliphatic carbocycles. The molecule has 0 spiro atoms. The molecule has 0 saturated carbocycles. The summed E-state index contributed by atoms with van der Waals surface area (Å²) in [5.74, 6) is 3.14. The van der Waals surface area contributed by atoms with Gasteiger partial charge < -0.3 is 0 Å². The van der Waals surface area contributed by atoms with Gasteiger partial charge in [-0.05, 0) is 23.6 Å². The Kier molecular flexibility index (Phi) is 2.01. The third-order valence-electron chi connectivity index (χ3n) is 2.40. The van der Waals surface area contributed by atoms with Crippen LogP contribution < -0.4 is 0 Å². The number of terminal acetylenes is 1. The second-order valence-electron chi connectivity index (χ2n) is 3.66. The van der Waals surface area contributed by atoms with Crippen molar-refractivity contribution in [2.75, 3.05) is 0 Å². The Morgan fingerprint density at radius 2 is 2.21 bits per heavy atom. The molecule has 2 rings (SSSR count). The molecule has 2 heteroatoms. The molecular formula is C12H12N2. The number of nitrogens with one attached hydrogen (secondary N) is 1. The maximum absolute atomic E-state index is 5.47. The lowest BCUT2D eigenvalue weighted by Crippen LogP contribution is -1.93. The van der Waals surface area contributed by atoms with Crippen LogP contribution >= 0.6 is 0 Å². The number of fused-ring (bicyclic) bond motifs is 1. The summed E-state index contributed by atoms with van der Waals surface area (Å²) in [5.41, 5.74) is 3.22. The molecule has 0 fully saturated rings. The maximum atomic E-state index is 5.47. The van der Waals surface area contributed by atoms with E-state index in [1.165, 1.54) is 5.56 Å². The molecule has 1 aromatic carbocycles. The van der Waals surface area contributed by atoms with E-state index in [1.807, 2.05) is 18.3 Å². The van der Waals surface area contributed by atoms with E-state index in [0.29, 0.717) is 5.92 Å². The Labute approximate surface area is 83.3 Å². The SMILES string of the molecule is C#Cc1ccc2[nH]ncc2c1C(C)C. The predicted molar refractivity (Wildman–Crippen MR) is 58.1 cm³/mol. The second kappa shape index (κ2) is 3.19. The summed E-state index contributed by atoms with van der Waals surface area (Å²) in [4.78, 5) is 0. The van der Waals surface area contributed by atoms with Crippen molar-refractivity contribution in [3.8, 4) is 12.3 Å². The van der Waals surface area contributed by atoms with E-state index < -0.39 is 0 Å². The number of benzene rings is 1. The lowest BCUT2D eigenvalue weighted by atomic mass is 9.94. The van der Waals surface area contributed by atoms with E-state index in [2.05, 4.69) is 30.0 Å². The fraction of sp³-hybridized carbons (Fsp3) is 0.250. The van der Waals surface area contributed by atoms with Crippen molar-refractivity contribution < 1.29 is 0 Å². The highest BCUT2D eigenvalue weighted by Crippen LogP contribution is 2.27. The minimum atomic E-state index is 0.419. The standard InChI is InChI=1S/C12H12N2/c1-4-9-5-6-11-10(7-13-14-11)12(9)8(2)3/h1,5-8H,2-3H3,(H,13,14). The van der Waals surface area contributed by atoms with Gasteiger partial charge in [0.2, 0.25) is 0 Å². The third-order valence-corrected chi connectivity index (χ3v) is 2.40. The normalized spacial score (nSPS) is 10.7. The van der Waals surface area contributed by atoms with Gasteiger partial charge in [-0.25, -0.2) is 0 Å². The van der Waals surface area contributed by atoms with Gasteiger partial charge in [-0.2, -0.15) is 5.10 Å². The van der Waals surface area contributed by atoms with E-state index in [4.69, 9.17) is 6.42 Å². The van der Waals surface area contributed by atoms with Crippen LogP contribution in [0.4, 0.5) is 0 Å². The number of H-pyrrole nitrogens is 1. The van der Waals surface area contributed by atoms with Gasteiger partial charge >= 0.3 is 0 Å². The summed E-state index contributed by atoms with van der Waals surface area (Å²) < 4.78 is 0. The molecule has 70 valence electrons. The van der Waals surface area contributed by atoms with Gasteiger partial charge in [-0.1, -0.05) is 19.8 Å². The van der Waals surface area contributed by atoms with Crippen LogP contribution in [-0.4, -0.2) is 10.2 Å². The van der Waals surface area contributed by atoms with Crippen LogP contribution in [-0.2, 0) is 0 Å². The fourth-order valence-corrected chi connectivity index (χ4v) is 1.79. The summed E-state index contributed by atoms with van der Waals surface area (Å²) in [5, 5.41) is 8.11. The molecule has 0 bridgehead atoms. The number of hydrogen-bond donors (Lipinski definition) is 1. The van der Waals surface area contributed by atoms with Gasteiger partial charge in [-0.3, -0.25) is 5.10 Å². The number of aromatic nitrogens is 2. The molecule has 1 heterocycles. The Morgan fingerprint density at radius 3 is 2.86 bits per heavy atom. The van der Waals surface area contributed by atoms with Crippen LogP contribution in [0.3, 0.4) is 0 Å². The number of aromatic amines is 1. The van der Waals surface area contributed by atoms with E-state index in [1.54, 1.807) is 0 Å². The number of rotatable bonds is 1. The molecule has 0 aliphatic rings. The zero-order valence-corrected chi connectivity index (χ0v) is 8.33. The molecule has 2 aromatic rings. The van der Waals surface area contributed by atoms with Gasteiger partial charge in [0.15, 0.2) is 0 Å². The first-order chi connectivity index (χ1) is 6.74. The Balaban J connectivity index is 2.84. The second-order valence-corrected chi connectivity index (χ2v) is 3.66. The Morgan fingerprint density at radius 1 is 1.43 bits per heavy atom. The molecule has 0 aliphatic heterocycles.